The number of hydrogen-bond acceptors (Lipinski definition) is 2. The minimum Gasteiger partial charge on any atom is -0.496 e. The summed E-state index contributed by atoms with van der Waals surface area (Å²) >= 11 is 0. The SMILES string of the molecule is COc1ccc(C)cc1C(C)NCc1ccc(F)c(C)c1. The summed E-state index contributed by atoms with van der Waals surface area (Å²) in [6.45, 7) is 6.65. The molecule has 0 saturated heterocycles. The molecule has 0 aromatic heterocycles. The van der Waals surface area contributed by atoms with Crippen molar-refractivity contribution >= 4 is 0 Å². The van der Waals surface area contributed by atoms with Gasteiger partial charge < -0.3 is 10.1 Å². The molecule has 1 N–H and O–H groups in total. The number of benzene rings is 2. The van der Waals surface area contributed by atoms with Crippen molar-refractivity contribution in [3.8, 4) is 5.75 Å². The maximum Gasteiger partial charge on any atom is 0.126 e. The van der Waals surface area contributed by atoms with Gasteiger partial charge in [-0.3, -0.25) is 0 Å². The monoisotopic (exact) mass is 287 g/mol. The van der Waals surface area contributed by atoms with Crippen LogP contribution in [0.1, 0.15) is 35.2 Å². The Morgan fingerprint density at radius 2 is 1.90 bits per heavy atom. The lowest BCUT2D eigenvalue weighted by Gasteiger charge is -2.18. The van der Waals surface area contributed by atoms with Crippen LogP contribution in [0.2, 0.25) is 0 Å². The third-order valence-corrected chi connectivity index (χ3v) is 3.69. The molecule has 0 amide bonds. The van der Waals surface area contributed by atoms with E-state index in [4.69, 9.17) is 4.74 Å². The van der Waals surface area contributed by atoms with E-state index in [9.17, 15) is 4.39 Å². The highest BCUT2D eigenvalue weighted by atomic mass is 19.1. The highest BCUT2D eigenvalue weighted by Crippen LogP contribution is 2.26. The molecule has 112 valence electrons. The summed E-state index contributed by atoms with van der Waals surface area (Å²) in [5, 5.41) is 3.46. The van der Waals surface area contributed by atoms with Crippen LogP contribution in [0.15, 0.2) is 36.4 Å². The van der Waals surface area contributed by atoms with Crippen LogP contribution in [0.4, 0.5) is 4.39 Å². The normalized spacial score (nSPS) is 12.2. The van der Waals surface area contributed by atoms with Crippen LogP contribution in [0, 0.1) is 19.7 Å². The van der Waals surface area contributed by atoms with Gasteiger partial charge in [-0.05, 0) is 44.0 Å². The van der Waals surface area contributed by atoms with Crippen LogP contribution >= 0.6 is 0 Å². The summed E-state index contributed by atoms with van der Waals surface area (Å²) in [5.74, 6) is 0.725. The minimum atomic E-state index is -0.160. The van der Waals surface area contributed by atoms with Crippen LogP contribution < -0.4 is 10.1 Å². The van der Waals surface area contributed by atoms with Gasteiger partial charge in [-0.1, -0.05) is 29.8 Å². The topological polar surface area (TPSA) is 21.3 Å². The molecular weight excluding hydrogens is 265 g/mol. The number of aryl methyl sites for hydroxylation is 2. The van der Waals surface area contributed by atoms with Crippen LogP contribution in [-0.2, 0) is 6.54 Å². The zero-order valence-corrected chi connectivity index (χ0v) is 13.0. The number of hydrogen-bond donors (Lipinski definition) is 1. The summed E-state index contributed by atoms with van der Waals surface area (Å²) in [7, 11) is 1.68. The van der Waals surface area contributed by atoms with Crippen molar-refractivity contribution < 1.29 is 9.13 Å². The second-order valence-electron chi connectivity index (χ2n) is 5.43. The predicted molar refractivity (Wildman–Crippen MR) is 84.1 cm³/mol. The van der Waals surface area contributed by atoms with E-state index in [-0.39, 0.29) is 11.9 Å². The van der Waals surface area contributed by atoms with Gasteiger partial charge in [0.05, 0.1) is 7.11 Å². The second-order valence-corrected chi connectivity index (χ2v) is 5.43. The number of methoxy groups -OCH3 is 1. The van der Waals surface area contributed by atoms with Crippen molar-refractivity contribution in [3.63, 3.8) is 0 Å². The Morgan fingerprint density at radius 3 is 2.57 bits per heavy atom. The largest absolute Gasteiger partial charge is 0.496 e. The van der Waals surface area contributed by atoms with Crippen molar-refractivity contribution in [1.29, 1.82) is 0 Å². The van der Waals surface area contributed by atoms with Gasteiger partial charge in [0.2, 0.25) is 0 Å². The summed E-state index contributed by atoms with van der Waals surface area (Å²) in [5.41, 5.74) is 4.09. The average Bonchev–Trinajstić information content (AvgIpc) is 2.48. The van der Waals surface area contributed by atoms with E-state index < -0.39 is 0 Å². The summed E-state index contributed by atoms with van der Waals surface area (Å²) < 4.78 is 18.7. The van der Waals surface area contributed by atoms with Crippen molar-refractivity contribution in [2.75, 3.05) is 7.11 Å². The highest BCUT2D eigenvalue weighted by Gasteiger charge is 2.11. The highest BCUT2D eigenvalue weighted by molar-refractivity contribution is 5.39. The van der Waals surface area contributed by atoms with E-state index in [0.29, 0.717) is 12.1 Å². The Kier molecular flexibility index (Phi) is 4.97. The fraction of sp³-hybridized carbons (Fsp3) is 0.333. The third kappa shape index (κ3) is 3.82. The average molecular weight is 287 g/mol. The minimum absolute atomic E-state index is 0.158. The molecule has 0 saturated carbocycles. The smallest absolute Gasteiger partial charge is 0.126 e. The lowest BCUT2D eigenvalue weighted by atomic mass is 10.0. The molecule has 2 aromatic rings. The summed E-state index contributed by atoms with van der Waals surface area (Å²) in [6, 6.07) is 11.5. The van der Waals surface area contributed by atoms with Gasteiger partial charge >= 0.3 is 0 Å². The number of halogens is 1. The van der Waals surface area contributed by atoms with Crippen LogP contribution in [0.5, 0.6) is 5.75 Å². The maximum absolute atomic E-state index is 13.3. The number of ether oxygens (including phenoxy) is 1. The van der Waals surface area contributed by atoms with Crippen molar-refractivity contribution in [2.45, 2.75) is 33.4 Å². The molecule has 0 spiro atoms. The Hall–Kier alpha value is -1.87. The lowest BCUT2D eigenvalue weighted by Crippen LogP contribution is -2.19. The first-order valence-electron chi connectivity index (χ1n) is 7.14. The molecule has 1 unspecified atom stereocenters. The quantitative estimate of drug-likeness (QED) is 0.885. The molecule has 1 atom stereocenters. The van der Waals surface area contributed by atoms with Gasteiger partial charge in [0.1, 0.15) is 11.6 Å². The molecule has 0 heterocycles. The van der Waals surface area contributed by atoms with Crippen molar-refractivity contribution in [1.82, 2.24) is 5.32 Å². The standard InChI is InChI=1S/C18H22FNO/c1-12-5-8-18(21-4)16(9-12)14(3)20-11-15-6-7-17(19)13(2)10-15/h5-10,14,20H,11H2,1-4H3. The molecule has 0 aliphatic heterocycles. The van der Waals surface area contributed by atoms with Gasteiger partial charge in [-0.25, -0.2) is 4.39 Å². The van der Waals surface area contributed by atoms with E-state index in [0.717, 1.165) is 16.9 Å². The van der Waals surface area contributed by atoms with E-state index in [2.05, 4.69) is 25.2 Å². The fourth-order valence-electron chi connectivity index (χ4n) is 2.39. The molecule has 21 heavy (non-hydrogen) atoms. The van der Waals surface area contributed by atoms with E-state index in [1.165, 1.54) is 11.6 Å². The molecule has 2 rings (SSSR count). The summed E-state index contributed by atoms with van der Waals surface area (Å²) in [4.78, 5) is 0. The van der Waals surface area contributed by atoms with Gasteiger partial charge in [0.25, 0.3) is 0 Å². The molecule has 2 aromatic carbocycles. The lowest BCUT2D eigenvalue weighted by molar-refractivity contribution is 0.401. The number of rotatable bonds is 5. The first-order valence-corrected chi connectivity index (χ1v) is 7.14. The fourth-order valence-corrected chi connectivity index (χ4v) is 2.39. The first kappa shape index (κ1) is 15.5. The first-order chi connectivity index (χ1) is 10.0. The van der Waals surface area contributed by atoms with Crippen LogP contribution in [-0.4, -0.2) is 7.11 Å². The predicted octanol–water partition coefficient (Wildman–Crippen LogP) is 4.30. The van der Waals surface area contributed by atoms with Gasteiger partial charge in [-0.15, -0.1) is 0 Å². The van der Waals surface area contributed by atoms with Gasteiger partial charge in [-0.2, -0.15) is 0 Å². The Balaban J connectivity index is 2.09. The Morgan fingerprint density at radius 1 is 1.14 bits per heavy atom. The maximum atomic E-state index is 13.3. The van der Waals surface area contributed by atoms with E-state index in [1.54, 1.807) is 14.0 Å². The zero-order chi connectivity index (χ0) is 15.4. The van der Waals surface area contributed by atoms with Crippen LogP contribution in [0.3, 0.4) is 0 Å². The number of nitrogens with one attached hydrogen (secondary N) is 1. The van der Waals surface area contributed by atoms with Crippen LogP contribution in [0.25, 0.3) is 0 Å². The zero-order valence-electron chi connectivity index (χ0n) is 13.0. The van der Waals surface area contributed by atoms with Crippen molar-refractivity contribution in [3.05, 3.63) is 64.5 Å². The molecule has 0 bridgehead atoms. The van der Waals surface area contributed by atoms with Gasteiger partial charge in [0, 0.05) is 18.2 Å². The van der Waals surface area contributed by atoms with E-state index in [1.807, 2.05) is 24.3 Å². The molecule has 2 nitrogen and oxygen atoms in total. The van der Waals surface area contributed by atoms with E-state index >= 15 is 0 Å². The molecule has 0 radical (unpaired) electrons. The van der Waals surface area contributed by atoms with Crippen molar-refractivity contribution in [2.24, 2.45) is 0 Å². The Labute approximate surface area is 126 Å². The second kappa shape index (κ2) is 6.72. The third-order valence-electron chi connectivity index (χ3n) is 3.69. The summed E-state index contributed by atoms with van der Waals surface area (Å²) in [6.07, 6.45) is 0. The molecule has 0 fully saturated rings. The molecule has 0 aliphatic carbocycles. The van der Waals surface area contributed by atoms with Gasteiger partial charge in [0.15, 0.2) is 0 Å². The molecular formula is C18H22FNO. The molecule has 0 aliphatic rings. The Bertz CT molecular complexity index is 625. The molecule has 3 heteroatoms.